The second-order valence-corrected chi connectivity index (χ2v) is 4.86. The molecule has 1 saturated heterocycles. The van der Waals surface area contributed by atoms with Gasteiger partial charge in [-0.3, -0.25) is 4.79 Å². The second kappa shape index (κ2) is 5.21. The first kappa shape index (κ1) is 12.8. The predicted octanol–water partition coefficient (Wildman–Crippen LogP) is 0.709. The molecule has 0 saturated carbocycles. The molecule has 88 valence electrons. The molecule has 1 amide bonds. The second-order valence-electron chi connectivity index (χ2n) is 3.88. The highest BCUT2D eigenvalue weighted by Gasteiger charge is 2.45. The zero-order chi connectivity index (χ0) is 12.2. The molecule has 0 aromatic rings. The minimum Gasteiger partial charge on any atom is -0.480 e. The van der Waals surface area contributed by atoms with Crippen LogP contribution in [0.2, 0.25) is 0 Å². The topological polar surface area (TPSA) is 81.4 Å². The molecule has 0 radical (unpaired) electrons. The summed E-state index contributed by atoms with van der Waals surface area (Å²) in [7, 11) is 0. The molecule has 16 heavy (non-hydrogen) atoms. The lowest BCUT2D eigenvalue weighted by atomic mass is 9.99. The van der Waals surface area contributed by atoms with Crippen molar-refractivity contribution in [3.8, 4) is 6.07 Å². The van der Waals surface area contributed by atoms with Crippen molar-refractivity contribution in [1.29, 1.82) is 5.26 Å². The van der Waals surface area contributed by atoms with Gasteiger partial charge in [0.25, 0.3) is 0 Å². The predicted molar refractivity (Wildman–Crippen MR) is 59.9 cm³/mol. The normalized spacial score (nSPS) is 24.1. The van der Waals surface area contributed by atoms with E-state index in [1.54, 1.807) is 6.92 Å². The average molecular weight is 242 g/mol. The Morgan fingerprint density at radius 3 is 2.88 bits per heavy atom. The van der Waals surface area contributed by atoms with Gasteiger partial charge >= 0.3 is 5.97 Å². The van der Waals surface area contributed by atoms with Crippen molar-refractivity contribution in [3.63, 3.8) is 0 Å². The van der Waals surface area contributed by atoms with Crippen LogP contribution in [0.5, 0.6) is 0 Å². The molecule has 0 aromatic heterocycles. The Labute approximate surface area is 98.4 Å². The van der Waals surface area contributed by atoms with Gasteiger partial charge in [-0.15, -0.1) is 11.8 Å². The van der Waals surface area contributed by atoms with Crippen LogP contribution in [-0.2, 0) is 9.59 Å². The Bertz CT molecular complexity index is 339. The summed E-state index contributed by atoms with van der Waals surface area (Å²) in [5.41, 5.74) is -1.07. The first-order valence-electron chi connectivity index (χ1n) is 5.01. The molecule has 0 aliphatic carbocycles. The van der Waals surface area contributed by atoms with E-state index in [2.05, 4.69) is 0 Å². The van der Waals surface area contributed by atoms with Crippen molar-refractivity contribution in [3.05, 3.63) is 0 Å². The lowest BCUT2D eigenvalue weighted by molar-refractivity contribution is -0.154. The summed E-state index contributed by atoms with van der Waals surface area (Å²) in [6.07, 6.45) is 1.22. The van der Waals surface area contributed by atoms with E-state index in [-0.39, 0.29) is 17.4 Å². The summed E-state index contributed by atoms with van der Waals surface area (Å²) in [5.74, 6) is -0.717. The maximum absolute atomic E-state index is 11.8. The van der Waals surface area contributed by atoms with Gasteiger partial charge in [-0.1, -0.05) is 0 Å². The molecule has 1 aliphatic rings. The van der Waals surface area contributed by atoms with Gasteiger partial charge in [0.15, 0.2) is 0 Å². The van der Waals surface area contributed by atoms with Crippen LogP contribution in [0, 0.1) is 11.3 Å². The fourth-order valence-corrected chi connectivity index (χ4v) is 2.37. The zero-order valence-corrected chi connectivity index (χ0v) is 9.92. The van der Waals surface area contributed by atoms with Gasteiger partial charge < -0.3 is 10.0 Å². The van der Waals surface area contributed by atoms with Crippen molar-refractivity contribution in [2.75, 3.05) is 18.1 Å². The molecular weight excluding hydrogens is 228 g/mol. The van der Waals surface area contributed by atoms with Crippen LogP contribution >= 0.6 is 11.8 Å². The third-order valence-corrected chi connectivity index (χ3v) is 3.58. The third-order valence-electron chi connectivity index (χ3n) is 2.79. The highest BCUT2D eigenvalue weighted by Crippen LogP contribution is 2.29. The molecule has 1 unspecified atom stereocenters. The lowest BCUT2D eigenvalue weighted by Crippen LogP contribution is -2.51. The van der Waals surface area contributed by atoms with Crippen molar-refractivity contribution in [1.82, 2.24) is 4.90 Å². The minimum atomic E-state index is -1.07. The Balaban J connectivity index is 2.62. The molecule has 0 bridgehead atoms. The summed E-state index contributed by atoms with van der Waals surface area (Å²) in [5, 5.41) is 17.5. The van der Waals surface area contributed by atoms with Crippen LogP contribution in [0.4, 0.5) is 0 Å². The maximum Gasteiger partial charge on any atom is 0.329 e. The van der Waals surface area contributed by atoms with Crippen LogP contribution < -0.4 is 0 Å². The number of thioether (sulfide) groups is 1. The molecule has 1 atom stereocenters. The van der Waals surface area contributed by atoms with Crippen LogP contribution in [-0.4, -0.2) is 45.5 Å². The Morgan fingerprint density at radius 1 is 1.62 bits per heavy atom. The SMILES string of the molecule is CC1(C(=O)O)CCCN1C(=O)CSCC#N. The van der Waals surface area contributed by atoms with E-state index in [0.717, 1.165) is 6.42 Å². The van der Waals surface area contributed by atoms with E-state index in [0.29, 0.717) is 13.0 Å². The fourth-order valence-electron chi connectivity index (χ4n) is 1.85. The maximum atomic E-state index is 11.8. The first-order valence-corrected chi connectivity index (χ1v) is 6.16. The van der Waals surface area contributed by atoms with Gasteiger partial charge in [-0.05, 0) is 19.8 Å². The lowest BCUT2D eigenvalue weighted by Gasteiger charge is -2.31. The van der Waals surface area contributed by atoms with Crippen LogP contribution in [0.3, 0.4) is 0 Å². The van der Waals surface area contributed by atoms with Gasteiger partial charge in [0.05, 0.1) is 17.6 Å². The van der Waals surface area contributed by atoms with Crippen molar-refractivity contribution in [2.24, 2.45) is 0 Å². The fraction of sp³-hybridized carbons (Fsp3) is 0.700. The summed E-state index contributed by atoms with van der Waals surface area (Å²) < 4.78 is 0. The standard InChI is InChI=1S/C10H14N2O3S/c1-10(9(14)15)3-2-5-12(10)8(13)7-16-6-4-11/h2-3,5-7H2,1H3,(H,14,15). The quantitative estimate of drug-likeness (QED) is 0.734. The van der Waals surface area contributed by atoms with Crippen LogP contribution in [0.25, 0.3) is 0 Å². The molecule has 5 nitrogen and oxygen atoms in total. The Kier molecular flexibility index (Phi) is 4.19. The molecule has 1 aliphatic heterocycles. The Hall–Kier alpha value is -1.22. The van der Waals surface area contributed by atoms with E-state index in [1.807, 2.05) is 6.07 Å². The molecular formula is C10H14N2O3S. The number of carboxylic acids is 1. The molecule has 1 rings (SSSR count). The number of likely N-dealkylation sites (tertiary alicyclic amines) is 1. The van der Waals surface area contributed by atoms with Gasteiger partial charge in [0, 0.05) is 6.54 Å². The summed E-state index contributed by atoms with van der Waals surface area (Å²) in [6.45, 7) is 2.07. The zero-order valence-electron chi connectivity index (χ0n) is 9.10. The van der Waals surface area contributed by atoms with E-state index in [4.69, 9.17) is 10.4 Å². The molecule has 1 fully saturated rings. The summed E-state index contributed by atoms with van der Waals surface area (Å²) in [4.78, 5) is 24.3. The van der Waals surface area contributed by atoms with E-state index in [9.17, 15) is 9.59 Å². The van der Waals surface area contributed by atoms with E-state index >= 15 is 0 Å². The van der Waals surface area contributed by atoms with Gasteiger partial charge in [0.1, 0.15) is 5.54 Å². The number of hydrogen-bond acceptors (Lipinski definition) is 4. The molecule has 6 heteroatoms. The monoisotopic (exact) mass is 242 g/mol. The van der Waals surface area contributed by atoms with Crippen LogP contribution in [0.15, 0.2) is 0 Å². The molecule has 1 N–H and O–H groups in total. The van der Waals surface area contributed by atoms with Gasteiger partial charge in [-0.2, -0.15) is 5.26 Å². The third kappa shape index (κ3) is 2.47. The largest absolute Gasteiger partial charge is 0.480 e. The molecule has 1 heterocycles. The number of nitriles is 1. The average Bonchev–Trinajstić information content (AvgIpc) is 2.62. The summed E-state index contributed by atoms with van der Waals surface area (Å²) >= 11 is 1.22. The number of hydrogen-bond donors (Lipinski definition) is 1. The van der Waals surface area contributed by atoms with Crippen molar-refractivity contribution < 1.29 is 14.7 Å². The number of carboxylic acid groups (broad SMARTS) is 1. The van der Waals surface area contributed by atoms with Crippen molar-refractivity contribution in [2.45, 2.75) is 25.3 Å². The molecule has 0 spiro atoms. The van der Waals surface area contributed by atoms with E-state index < -0.39 is 11.5 Å². The number of nitrogens with zero attached hydrogens (tertiary/aromatic N) is 2. The summed E-state index contributed by atoms with van der Waals surface area (Å²) in [6, 6.07) is 1.93. The van der Waals surface area contributed by atoms with Crippen molar-refractivity contribution >= 4 is 23.6 Å². The first-order chi connectivity index (χ1) is 7.52. The number of amides is 1. The highest BCUT2D eigenvalue weighted by molar-refractivity contribution is 8.00. The van der Waals surface area contributed by atoms with E-state index in [1.165, 1.54) is 16.7 Å². The number of rotatable bonds is 4. The smallest absolute Gasteiger partial charge is 0.329 e. The highest BCUT2D eigenvalue weighted by atomic mass is 32.2. The van der Waals surface area contributed by atoms with Crippen LogP contribution in [0.1, 0.15) is 19.8 Å². The van der Waals surface area contributed by atoms with Gasteiger partial charge in [-0.25, -0.2) is 4.79 Å². The number of carbonyl (C=O) groups excluding carboxylic acids is 1. The number of carbonyl (C=O) groups is 2. The minimum absolute atomic E-state index is 0.177. The van der Waals surface area contributed by atoms with Gasteiger partial charge in [0.2, 0.25) is 5.91 Å². The molecule has 0 aromatic carbocycles. The number of aliphatic carboxylic acids is 1. The Morgan fingerprint density at radius 2 is 2.31 bits per heavy atom.